The molecule has 2 N–H and O–H groups in total. The van der Waals surface area contributed by atoms with Gasteiger partial charge >= 0.3 is 0 Å². The van der Waals surface area contributed by atoms with Crippen molar-refractivity contribution in [3.63, 3.8) is 0 Å². The zero-order valence-electron chi connectivity index (χ0n) is 14.1. The first-order valence-electron chi connectivity index (χ1n) is 9.03. The Morgan fingerprint density at radius 3 is 2.32 bits per heavy atom. The molecule has 2 aliphatic heterocycles. The fourth-order valence-corrected chi connectivity index (χ4v) is 5.11. The van der Waals surface area contributed by atoms with Crippen LogP contribution in [0, 0.1) is 11.8 Å². The first kappa shape index (κ1) is 16.5. The summed E-state index contributed by atoms with van der Waals surface area (Å²) in [5.41, 5.74) is 1.46. The van der Waals surface area contributed by atoms with E-state index in [0.29, 0.717) is 0 Å². The molecule has 0 saturated carbocycles. The van der Waals surface area contributed by atoms with Crippen molar-refractivity contribution in [3.8, 4) is 0 Å². The second-order valence-corrected chi connectivity index (χ2v) is 8.66. The van der Waals surface area contributed by atoms with Crippen LogP contribution in [-0.2, 0) is 6.54 Å². The van der Waals surface area contributed by atoms with Gasteiger partial charge in [-0.15, -0.1) is 0 Å². The molecule has 0 spiro atoms. The van der Waals surface area contributed by atoms with Crippen LogP contribution in [0.3, 0.4) is 0 Å². The van der Waals surface area contributed by atoms with E-state index in [0.717, 1.165) is 17.9 Å². The fourth-order valence-electron chi connectivity index (χ4n) is 4.69. The summed E-state index contributed by atoms with van der Waals surface area (Å²) in [5, 5.41) is 0. The highest BCUT2D eigenvalue weighted by Crippen LogP contribution is 2.15. The summed E-state index contributed by atoms with van der Waals surface area (Å²) in [6.45, 7) is 11.6. The molecule has 1 aromatic carbocycles. The molecule has 0 amide bonds. The van der Waals surface area contributed by atoms with E-state index in [1.807, 2.05) is 4.90 Å². The van der Waals surface area contributed by atoms with Gasteiger partial charge in [-0.25, -0.2) is 0 Å². The number of benzene rings is 1. The van der Waals surface area contributed by atoms with Crippen LogP contribution in [0.5, 0.6) is 0 Å². The molecule has 2 nitrogen and oxygen atoms in total. The Bertz CT molecular complexity index is 472. The molecule has 2 aliphatic rings. The van der Waals surface area contributed by atoms with Crippen molar-refractivity contribution >= 4 is 15.9 Å². The van der Waals surface area contributed by atoms with Crippen molar-refractivity contribution in [3.05, 3.63) is 34.3 Å². The third kappa shape index (κ3) is 4.12. The molecule has 3 heteroatoms. The predicted molar refractivity (Wildman–Crippen MR) is 95.2 cm³/mol. The lowest BCUT2D eigenvalue weighted by atomic mass is 9.89. The zero-order chi connectivity index (χ0) is 15.5. The van der Waals surface area contributed by atoms with E-state index in [4.69, 9.17) is 0 Å². The van der Waals surface area contributed by atoms with Gasteiger partial charge in [0.15, 0.2) is 0 Å². The number of hydrogen-bond acceptors (Lipinski definition) is 0. The molecule has 0 aliphatic carbocycles. The number of piperidine rings is 2. The number of rotatable bonds is 3. The van der Waals surface area contributed by atoms with E-state index < -0.39 is 0 Å². The average molecular weight is 367 g/mol. The van der Waals surface area contributed by atoms with Crippen molar-refractivity contribution in [1.29, 1.82) is 0 Å². The van der Waals surface area contributed by atoms with E-state index in [-0.39, 0.29) is 0 Å². The van der Waals surface area contributed by atoms with Gasteiger partial charge in [0.25, 0.3) is 0 Å². The molecule has 2 saturated heterocycles. The zero-order valence-corrected chi connectivity index (χ0v) is 15.7. The molecule has 0 radical (unpaired) electrons. The monoisotopic (exact) mass is 366 g/mol. The summed E-state index contributed by atoms with van der Waals surface area (Å²) in [4.78, 5) is 3.67. The smallest absolute Gasteiger partial charge is 0.104 e. The summed E-state index contributed by atoms with van der Waals surface area (Å²) >= 11 is 3.69. The van der Waals surface area contributed by atoms with Crippen LogP contribution in [0.25, 0.3) is 0 Å². The number of halogens is 1. The minimum absolute atomic E-state index is 0.921. The molecular weight excluding hydrogens is 336 g/mol. The third-order valence-electron chi connectivity index (χ3n) is 5.69. The second kappa shape index (κ2) is 7.46. The number of hydrogen-bond donors (Lipinski definition) is 2. The Labute approximate surface area is 144 Å². The van der Waals surface area contributed by atoms with Crippen molar-refractivity contribution in [1.82, 2.24) is 0 Å². The van der Waals surface area contributed by atoms with Crippen LogP contribution in [0.2, 0.25) is 0 Å². The predicted octanol–water partition coefficient (Wildman–Crippen LogP) is 1.56. The van der Waals surface area contributed by atoms with E-state index in [1.54, 1.807) is 4.90 Å². The maximum atomic E-state index is 3.69. The summed E-state index contributed by atoms with van der Waals surface area (Å²) in [6, 6.07) is 9.63. The van der Waals surface area contributed by atoms with Gasteiger partial charge in [0.2, 0.25) is 0 Å². The molecule has 2 atom stereocenters. The van der Waals surface area contributed by atoms with Gasteiger partial charge in [-0.2, -0.15) is 0 Å². The highest BCUT2D eigenvalue weighted by molar-refractivity contribution is 9.10. The van der Waals surface area contributed by atoms with Crippen LogP contribution in [0.4, 0.5) is 0 Å². The van der Waals surface area contributed by atoms with Crippen LogP contribution < -0.4 is 9.80 Å². The Balaban J connectivity index is 1.51. The lowest BCUT2D eigenvalue weighted by molar-refractivity contribution is -0.969. The SMILES string of the molecule is C[C@H]1C[C@H](C)C[NH+](C2CC[NH+](Cc3ccccc3Br)CC2)C1. The molecule has 22 heavy (non-hydrogen) atoms. The second-order valence-electron chi connectivity index (χ2n) is 7.81. The van der Waals surface area contributed by atoms with Crippen molar-refractivity contribution in [2.45, 2.75) is 45.7 Å². The van der Waals surface area contributed by atoms with E-state index >= 15 is 0 Å². The van der Waals surface area contributed by atoms with Crippen LogP contribution in [0.1, 0.15) is 38.7 Å². The van der Waals surface area contributed by atoms with Gasteiger partial charge in [0.05, 0.1) is 32.2 Å². The topological polar surface area (TPSA) is 8.88 Å². The first-order valence-corrected chi connectivity index (χ1v) is 9.82. The van der Waals surface area contributed by atoms with Gasteiger partial charge in [-0.1, -0.05) is 48.0 Å². The molecule has 0 unspecified atom stereocenters. The summed E-state index contributed by atoms with van der Waals surface area (Å²) in [7, 11) is 0. The van der Waals surface area contributed by atoms with Crippen molar-refractivity contribution < 1.29 is 9.80 Å². The summed E-state index contributed by atoms with van der Waals surface area (Å²) < 4.78 is 1.27. The average Bonchev–Trinajstić information content (AvgIpc) is 2.49. The summed E-state index contributed by atoms with van der Waals surface area (Å²) in [5.74, 6) is 1.84. The van der Waals surface area contributed by atoms with Crippen LogP contribution in [0.15, 0.2) is 28.7 Å². The van der Waals surface area contributed by atoms with Crippen molar-refractivity contribution in [2.24, 2.45) is 11.8 Å². The van der Waals surface area contributed by atoms with Crippen molar-refractivity contribution in [2.75, 3.05) is 26.2 Å². The lowest BCUT2D eigenvalue weighted by Crippen LogP contribution is -3.21. The Hall–Kier alpha value is -0.380. The van der Waals surface area contributed by atoms with E-state index in [2.05, 4.69) is 54.0 Å². The van der Waals surface area contributed by atoms with Gasteiger partial charge in [-0.3, -0.25) is 0 Å². The van der Waals surface area contributed by atoms with Gasteiger partial charge in [-0.05, 0) is 12.5 Å². The van der Waals surface area contributed by atoms with Gasteiger partial charge in [0, 0.05) is 34.7 Å². The Morgan fingerprint density at radius 1 is 1.05 bits per heavy atom. The maximum absolute atomic E-state index is 3.69. The van der Waals surface area contributed by atoms with E-state index in [1.165, 1.54) is 62.0 Å². The molecule has 2 fully saturated rings. The lowest BCUT2D eigenvalue weighted by Gasteiger charge is -2.39. The van der Waals surface area contributed by atoms with Gasteiger partial charge in [0.1, 0.15) is 6.54 Å². The van der Waals surface area contributed by atoms with E-state index in [9.17, 15) is 0 Å². The molecule has 0 bridgehead atoms. The number of quaternary nitrogens is 2. The Morgan fingerprint density at radius 2 is 1.68 bits per heavy atom. The molecule has 1 aromatic rings. The van der Waals surface area contributed by atoms with Crippen LogP contribution >= 0.6 is 15.9 Å². The Kier molecular flexibility index (Phi) is 5.59. The minimum atomic E-state index is 0.921. The number of likely N-dealkylation sites (tertiary alicyclic amines) is 2. The minimum Gasteiger partial charge on any atom is -0.332 e. The third-order valence-corrected chi connectivity index (χ3v) is 6.47. The molecule has 3 rings (SSSR count). The molecule has 0 aromatic heterocycles. The molecule has 2 heterocycles. The highest BCUT2D eigenvalue weighted by atomic mass is 79.9. The summed E-state index contributed by atoms with van der Waals surface area (Å²) in [6.07, 6.45) is 4.26. The maximum Gasteiger partial charge on any atom is 0.104 e. The largest absolute Gasteiger partial charge is 0.332 e. The van der Waals surface area contributed by atoms with Crippen LogP contribution in [-0.4, -0.2) is 32.2 Å². The van der Waals surface area contributed by atoms with Gasteiger partial charge < -0.3 is 9.80 Å². The highest BCUT2D eigenvalue weighted by Gasteiger charge is 2.34. The quantitative estimate of drug-likeness (QED) is 0.803. The fraction of sp³-hybridized carbons (Fsp3) is 0.684. The normalized spacial score (nSPS) is 36.2. The number of nitrogens with one attached hydrogen (secondary N) is 2. The molecular formula is C19H31BrN2+2. The first-order chi connectivity index (χ1) is 10.6. The molecule has 122 valence electrons. The standard InChI is InChI=1S/C19H29BrN2/c1-15-11-16(2)13-22(12-15)18-7-9-21(10-8-18)14-17-5-3-4-6-19(17)20/h3-6,15-16,18H,7-14H2,1-2H3/p+2/t15-,16-/m0/s1.